The lowest BCUT2D eigenvalue weighted by Gasteiger charge is -2.06. The average Bonchev–Trinajstić information content (AvgIpc) is 1.93. The van der Waals surface area contributed by atoms with Crippen molar-refractivity contribution in [2.75, 3.05) is 0 Å². The molecule has 4 heteroatoms. The summed E-state index contributed by atoms with van der Waals surface area (Å²) in [6, 6.07) is 0. The highest BCUT2D eigenvalue weighted by molar-refractivity contribution is 9.16. The molecule has 1 aliphatic rings. The molecule has 0 heterocycles. The molecule has 1 rings (SSSR count). The minimum absolute atomic E-state index is 0.107. The van der Waals surface area contributed by atoms with E-state index in [0.717, 1.165) is 8.96 Å². The van der Waals surface area contributed by atoms with E-state index >= 15 is 0 Å². The maximum Gasteiger partial charge on any atom is 0.174 e. The molecule has 0 saturated heterocycles. The smallest absolute Gasteiger partial charge is 0.174 e. The molecule has 1 nitrogen and oxygen atoms in total. The van der Waals surface area contributed by atoms with Gasteiger partial charge in [-0.25, -0.2) is 0 Å². The molecule has 0 atom stereocenters. The van der Waals surface area contributed by atoms with Crippen molar-refractivity contribution >= 4 is 53.6 Å². The van der Waals surface area contributed by atoms with Gasteiger partial charge in [0.15, 0.2) is 5.78 Å². The number of halogens is 3. The van der Waals surface area contributed by atoms with E-state index in [0.29, 0.717) is 10.9 Å². The van der Waals surface area contributed by atoms with Crippen molar-refractivity contribution in [3.63, 3.8) is 0 Å². The SMILES string of the molecule is O=C1CC=C(Br)C(Br)=C1Br. The molecular weight excluding hydrogens is 328 g/mol. The van der Waals surface area contributed by atoms with E-state index in [1.54, 1.807) is 0 Å². The molecule has 1 aliphatic carbocycles. The van der Waals surface area contributed by atoms with E-state index in [2.05, 4.69) is 47.8 Å². The summed E-state index contributed by atoms with van der Waals surface area (Å²) in [6.45, 7) is 0. The van der Waals surface area contributed by atoms with E-state index in [4.69, 9.17) is 0 Å². The molecule has 0 spiro atoms. The lowest BCUT2D eigenvalue weighted by molar-refractivity contribution is -0.114. The lowest BCUT2D eigenvalue weighted by Crippen LogP contribution is -2.01. The van der Waals surface area contributed by atoms with Gasteiger partial charge in [0, 0.05) is 15.4 Å². The Morgan fingerprint density at radius 2 is 1.80 bits per heavy atom. The predicted octanol–water partition coefficient (Wildman–Crippen LogP) is 3.24. The highest BCUT2D eigenvalue weighted by Gasteiger charge is 2.16. The van der Waals surface area contributed by atoms with Crippen LogP contribution in [0.3, 0.4) is 0 Å². The third-order valence-electron chi connectivity index (χ3n) is 1.11. The van der Waals surface area contributed by atoms with Crippen molar-refractivity contribution in [3.05, 3.63) is 19.5 Å². The second-order valence-electron chi connectivity index (χ2n) is 1.81. The molecular formula is C6H3Br3O. The minimum atomic E-state index is 0.107. The van der Waals surface area contributed by atoms with Gasteiger partial charge in [0.1, 0.15) is 0 Å². The Bertz CT molecular complexity index is 235. The van der Waals surface area contributed by atoms with E-state index in [1.807, 2.05) is 6.08 Å². The van der Waals surface area contributed by atoms with Crippen LogP contribution in [-0.2, 0) is 4.79 Å². The van der Waals surface area contributed by atoms with Crippen LogP contribution in [0.4, 0.5) is 0 Å². The Kier molecular flexibility index (Phi) is 2.89. The molecule has 0 saturated carbocycles. The van der Waals surface area contributed by atoms with Crippen molar-refractivity contribution in [1.82, 2.24) is 0 Å². The third-order valence-corrected chi connectivity index (χ3v) is 4.56. The summed E-state index contributed by atoms with van der Waals surface area (Å²) in [7, 11) is 0. The minimum Gasteiger partial charge on any atom is -0.293 e. The molecule has 0 aromatic carbocycles. The van der Waals surface area contributed by atoms with Crippen LogP contribution < -0.4 is 0 Å². The number of Topliss-reactive ketones (excluding diaryl/α,β-unsaturated/α-hetero) is 1. The molecule has 0 aliphatic heterocycles. The Hall–Kier alpha value is 0.590. The van der Waals surface area contributed by atoms with Crippen molar-refractivity contribution < 1.29 is 4.79 Å². The zero-order valence-corrected chi connectivity index (χ0v) is 9.58. The largest absolute Gasteiger partial charge is 0.293 e. The second kappa shape index (κ2) is 3.32. The summed E-state index contributed by atoms with van der Waals surface area (Å²) in [5, 5.41) is 0. The second-order valence-corrected chi connectivity index (χ2v) is 4.25. The summed E-state index contributed by atoms with van der Waals surface area (Å²) in [5.41, 5.74) is 0. The van der Waals surface area contributed by atoms with Gasteiger partial charge in [-0.05, 0) is 47.8 Å². The zero-order chi connectivity index (χ0) is 7.72. The van der Waals surface area contributed by atoms with Crippen LogP contribution in [0.5, 0.6) is 0 Å². The first kappa shape index (κ1) is 8.68. The summed E-state index contributed by atoms with van der Waals surface area (Å²) in [6.07, 6.45) is 2.30. The van der Waals surface area contributed by atoms with Gasteiger partial charge in [-0.3, -0.25) is 4.79 Å². The Labute approximate surface area is 83.9 Å². The van der Waals surface area contributed by atoms with E-state index in [1.165, 1.54) is 0 Å². The zero-order valence-electron chi connectivity index (χ0n) is 4.83. The lowest BCUT2D eigenvalue weighted by atomic mass is 10.2. The third kappa shape index (κ3) is 1.60. The Morgan fingerprint density at radius 1 is 1.20 bits per heavy atom. The number of carbonyl (C=O) groups excluding carboxylic acids is 1. The fraction of sp³-hybridized carbons (Fsp3) is 0.167. The van der Waals surface area contributed by atoms with Gasteiger partial charge >= 0.3 is 0 Å². The molecule has 0 aromatic heterocycles. The van der Waals surface area contributed by atoms with Gasteiger partial charge in [-0.1, -0.05) is 6.08 Å². The standard InChI is InChI=1S/C6H3Br3O/c7-3-1-2-4(10)6(9)5(3)8/h1H,2H2. The van der Waals surface area contributed by atoms with Crippen LogP contribution in [0.1, 0.15) is 6.42 Å². The fourth-order valence-corrected chi connectivity index (χ4v) is 1.97. The van der Waals surface area contributed by atoms with Crippen molar-refractivity contribution in [1.29, 1.82) is 0 Å². The van der Waals surface area contributed by atoms with Crippen molar-refractivity contribution in [2.24, 2.45) is 0 Å². The van der Waals surface area contributed by atoms with Crippen LogP contribution in [0.2, 0.25) is 0 Å². The predicted molar refractivity (Wildman–Crippen MR) is 51.5 cm³/mol. The number of hydrogen-bond acceptors (Lipinski definition) is 1. The summed E-state index contributed by atoms with van der Waals surface area (Å²) < 4.78 is 2.34. The Balaban J connectivity index is 3.06. The van der Waals surface area contributed by atoms with Crippen LogP contribution in [0.25, 0.3) is 0 Å². The summed E-state index contributed by atoms with van der Waals surface area (Å²) in [5.74, 6) is 0.107. The molecule has 0 unspecified atom stereocenters. The van der Waals surface area contributed by atoms with Crippen LogP contribution in [0, 0.1) is 0 Å². The molecule has 0 fully saturated rings. The van der Waals surface area contributed by atoms with Crippen molar-refractivity contribution in [2.45, 2.75) is 6.42 Å². The van der Waals surface area contributed by atoms with Crippen molar-refractivity contribution in [3.8, 4) is 0 Å². The molecule has 0 radical (unpaired) electrons. The molecule has 0 bridgehead atoms. The molecule has 54 valence electrons. The summed E-state index contributed by atoms with van der Waals surface area (Å²) in [4.78, 5) is 10.9. The first-order valence-corrected chi connectivity index (χ1v) is 4.95. The van der Waals surface area contributed by atoms with Gasteiger partial charge < -0.3 is 0 Å². The van der Waals surface area contributed by atoms with E-state index in [-0.39, 0.29) is 5.78 Å². The van der Waals surface area contributed by atoms with Crippen LogP contribution >= 0.6 is 47.8 Å². The Morgan fingerprint density at radius 3 is 2.30 bits per heavy atom. The summed E-state index contributed by atoms with van der Waals surface area (Å²) >= 11 is 9.72. The highest BCUT2D eigenvalue weighted by atomic mass is 79.9. The number of hydrogen-bond donors (Lipinski definition) is 0. The van der Waals surface area contributed by atoms with E-state index < -0.39 is 0 Å². The number of rotatable bonds is 0. The molecule has 0 amide bonds. The number of allylic oxidation sites excluding steroid dienone is 4. The average molecular weight is 331 g/mol. The van der Waals surface area contributed by atoms with Crippen LogP contribution in [-0.4, -0.2) is 5.78 Å². The maximum absolute atomic E-state index is 10.9. The normalized spacial score (nSPS) is 19.5. The monoisotopic (exact) mass is 328 g/mol. The maximum atomic E-state index is 10.9. The van der Waals surface area contributed by atoms with Gasteiger partial charge in [-0.2, -0.15) is 0 Å². The van der Waals surface area contributed by atoms with Gasteiger partial charge in [0.25, 0.3) is 0 Å². The fourth-order valence-electron chi connectivity index (χ4n) is 0.589. The first-order valence-electron chi connectivity index (χ1n) is 2.57. The number of ketones is 1. The number of carbonyl (C=O) groups is 1. The molecule has 0 N–H and O–H groups in total. The van der Waals surface area contributed by atoms with Crippen LogP contribution in [0.15, 0.2) is 19.5 Å². The first-order chi connectivity index (χ1) is 4.63. The molecule has 0 aromatic rings. The molecule has 10 heavy (non-hydrogen) atoms. The topological polar surface area (TPSA) is 17.1 Å². The van der Waals surface area contributed by atoms with Gasteiger partial charge in [-0.15, -0.1) is 0 Å². The van der Waals surface area contributed by atoms with Gasteiger partial charge in [0.05, 0.1) is 4.48 Å². The quantitative estimate of drug-likeness (QED) is 0.666. The van der Waals surface area contributed by atoms with E-state index in [9.17, 15) is 4.79 Å². The highest BCUT2D eigenvalue weighted by Crippen LogP contribution is 2.34. The van der Waals surface area contributed by atoms with Gasteiger partial charge in [0.2, 0.25) is 0 Å².